The minimum absolute atomic E-state index is 0.853. The number of rotatable bonds is 6. The van der Waals surface area contributed by atoms with Gasteiger partial charge in [-0.25, -0.2) is 4.98 Å². The van der Waals surface area contributed by atoms with Crippen molar-refractivity contribution in [1.82, 2.24) is 15.2 Å². The van der Waals surface area contributed by atoms with Crippen LogP contribution in [0.15, 0.2) is 35.7 Å². The zero-order chi connectivity index (χ0) is 15.2. The Morgan fingerprint density at radius 3 is 2.73 bits per heavy atom. The van der Waals surface area contributed by atoms with Gasteiger partial charge in [0.2, 0.25) is 0 Å². The summed E-state index contributed by atoms with van der Waals surface area (Å²) in [7, 11) is 0. The topological polar surface area (TPSA) is 28.2 Å². The van der Waals surface area contributed by atoms with E-state index in [1.807, 2.05) is 0 Å². The lowest BCUT2D eigenvalue weighted by Crippen LogP contribution is -2.36. The molecule has 3 rings (SSSR count). The van der Waals surface area contributed by atoms with E-state index < -0.39 is 0 Å². The molecule has 4 heteroatoms. The normalized spacial score (nSPS) is 17.0. The van der Waals surface area contributed by atoms with Gasteiger partial charge in [0.05, 0.1) is 5.69 Å². The molecular weight excluding hydrogens is 290 g/mol. The van der Waals surface area contributed by atoms with Gasteiger partial charge >= 0.3 is 0 Å². The van der Waals surface area contributed by atoms with Crippen LogP contribution in [0.4, 0.5) is 0 Å². The van der Waals surface area contributed by atoms with E-state index in [1.165, 1.54) is 43.7 Å². The van der Waals surface area contributed by atoms with Crippen LogP contribution < -0.4 is 5.32 Å². The molecule has 2 aromatic rings. The number of likely N-dealkylation sites (tertiary alicyclic amines) is 1. The summed E-state index contributed by atoms with van der Waals surface area (Å²) in [6, 6.07) is 10.5. The molecule has 0 radical (unpaired) electrons. The summed E-state index contributed by atoms with van der Waals surface area (Å²) in [4.78, 5) is 7.36. The zero-order valence-corrected chi connectivity index (χ0v) is 14.1. The summed E-state index contributed by atoms with van der Waals surface area (Å²) in [5, 5.41) is 6.83. The molecule has 118 valence electrons. The second-order valence-electron chi connectivity index (χ2n) is 6.04. The second kappa shape index (κ2) is 7.86. The van der Waals surface area contributed by atoms with Gasteiger partial charge in [0.15, 0.2) is 0 Å². The molecule has 1 aromatic carbocycles. The third kappa shape index (κ3) is 4.15. The summed E-state index contributed by atoms with van der Waals surface area (Å²) < 4.78 is 0. The Morgan fingerprint density at radius 1 is 1.23 bits per heavy atom. The highest BCUT2D eigenvalue weighted by atomic mass is 32.1. The Hall–Kier alpha value is -1.23. The van der Waals surface area contributed by atoms with Crippen LogP contribution in [0, 0.1) is 5.92 Å². The highest BCUT2D eigenvalue weighted by Crippen LogP contribution is 2.25. The van der Waals surface area contributed by atoms with E-state index in [0.29, 0.717) is 0 Å². The number of hydrogen-bond acceptors (Lipinski definition) is 4. The summed E-state index contributed by atoms with van der Waals surface area (Å²) in [5.41, 5.74) is 2.44. The van der Waals surface area contributed by atoms with Crippen molar-refractivity contribution in [2.75, 3.05) is 26.2 Å². The molecule has 0 aliphatic carbocycles. The van der Waals surface area contributed by atoms with E-state index >= 15 is 0 Å². The molecule has 1 N–H and O–H groups in total. The number of thiazole rings is 1. The van der Waals surface area contributed by atoms with Crippen LogP contribution in [-0.4, -0.2) is 36.1 Å². The van der Waals surface area contributed by atoms with E-state index in [-0.39, 0.29) is 0 Å². The summed E-state index contributed by atoms with van der Waals surface area (Å²) >= 11 is 1.76. The van der Waals surface area contributed by atoms with Crippen LogP contribution >= 0.6 is 11.3 Å². The van der Waals surface area contributed by atoms with Crippen LogP contribution in [-0.2, 0) is 6.54 Å². The molecule has 1 aliphatic heterocycles. The molecule has 3 nitrogen and oxygen atoms in total. The van der Waals surface area contributed by atoms with Gasteiger partial charge in [0.1, 0.15) is 5.01 Å². The summed E-state index contributed by atoms with van der Waals surface area (Å²) in [5.74, 6) is 0.853. The van der Waals surface area contributed by atoms with E-state index in [0.717, 1.165) is 24.0 Å². The molecule has 2 heterocycles. The number of nitrogens with zero attached hydrogens (tertiary/aromatic N) is 2. The molecule has 1 aromatic heterocycles. The van der Waals surface area contributed by atoms with Crippen molar-refractivity contribution in [3.05, 3.63) is 41.4 Å². The Kier molecular flexibility index (Phi) is 5.59. The van der Waals surface area contributed by atoms with Crippen molar-refractivity contribution in [2.24, 2.45) is 5.92 Å². The molecular formula is C18H25N3S. The lowest BCUT2D eigenvalue weighted by Gasteiger charge is -2.31. The maximum Gasteiger partial charge on any atom is 0.123 e. The highest BCUT2D eigenvalue weighted by Gasteiger charge is 2.19. The first-order valence-electron chi connectivity index (χ1n) is 8.28. The van der Waals surface area contributed by atoms with Gasteiger partial charge < -0.3 is 5.32 Å². The molecule has 1 fully saturated rings. The molecule has 0 spiro atoms. The molecule has 0 amide bonds. The largest absolute Gasteiger partial charge is 0.317 e. The molecule has 0 bridgehead atoms. The maximum absolute atomic E-state index is 4.81. The fourth-order valence-electron chi connectivity index (χ4n) is 3.02. The van der Waals surface area contributed by atoms with E-state index in [1.54, 1.807) is 11.3 Å². The minimum atomic E-state index is 0.853. The summed E-state index contributed by atoms with van der Waals surface area (Å²) in [6.45, 7) is 7.85. The van der Waals surface area contributed by atoms with Crippen LogP contribution in [0.1, 0.15) is 25.5 Å². The molecule has 0 unspecified atom stereocenters. The Labute approximate surface area is 137 Å². The molecule has 0 saturated carbocycles. The monoisotopic (exact) mass is 315 g/mol. The van der Waals surface area contributed by atoms with Crippen molar-refractivity contribution in [1.29, 1.82) is 0 Å². The fourth-order valence-corrected chi connectivity index (χ4v) is 3.84. The van der Waals surface area contributed by atoms with Crippen molar-refractivity contribution in [2.45, 2.75) is 26.3 Å². The maximum atomic E-state index is 4.81. The van der Waals surface area contributed by atoms with E-state index in [2.05, 4.69) is 52.9 Å². The van der Waals surface area contributed by atoms with Crippen LogP contribution in [0.5, 0.6) is 0 Å². The van der Waals surface area contributed by atoms with Crippen LogP contribution in [0.3, 0.4) is 0 Å². The Balaban J connectivity index is 1.51. The number of aromatic nitrogens is 1. The first kappa shape index (κ1) is 15.7. The first-order valence-corrected chi connectivity index (χ1v) is 9.16. The SMILES string of the molecule is CCNCC1CCN(Cc2csc(-c3ccccc3)n2)CC1. The van der Waals surface area contributed by atoms with Crippen molar-refractivity contribution in [3.8, 4) is 10.6 Å². The molecule has 1 aliphatic rings. The quantitative estimate of drug-likeness (QED) is 0.882. The predicted molar refractivity (Wildman–Crippen MR) is 94.1 cm³/mol. The number of piperidine rings is 1. The Morgan fingerprint density at radius 2 is 2.00 bits per heavy atom. The highest BCUT2D eigenvalue weighted by molar-refractivity contribution is 7.13. The minimum Gasteiger partial charge on any atom is -0.317 e. The van der Waals surface area contributed by atoms with Gasteiger partial charge in [-0.1, -0.05) is 37.3 Å². The first-order chi connectivity index (χ1) is 10.8. The predicted octanol–water partition coefficient (Wildman–Crippen LogP) is 3.63. The van der Waals surface area contributed by atoms with Gasteiger partial charge in [-0.05, 0) is 44.9 Å². The Bertz CT molecular complexity index is 559. The third-order valence-corrected chi connectivity index (χ3v) is 5.29. The molecule has 1 saturated heterocycles. The third-order valence-electron chi connectivity index (χ3n) is 4.35. The standard InChI is InChI=1S/C18H25N3S/c1-2-19-12-15-8-10-21(11-9-15)13-17-14-22-18(20-17)16-6-4-3-5-7-16/h3-7,14-15,19H,2,8-13H2,1H3. The summed E-state index contributed by atoms with van der Waals surface area (Å²) in [6.07, 6.45) is 2.62. The lowest BCUT2D eigenvalue weighted by molar-refractivity contribution is 0.174. The lowest BCUT2D eigenvalue weighted by atomic mass is 9.97. The molecule has 22 heavy (non-hydrogen) atoms. The fraction of sp³-hybridized carbons (Fsp3) is 0.500. The van der Waals surface area contributed by atoms with Gasteiger partial charge in [-0.3, -0.25) is 4.90 Å². The van der Waals surface area contributed by atoms with Crippen molar-refractivity contribution < 1.29 is 0 Å². The van der Waals surface area contributed by atoms with Gasteiger partial charge in [0, 0.05) is 17.5 Å². The van der Waals surface area contributed by atoms with Crippen molar-refractivity contribution >= 4 is 11.3 Å². The van der Waals surface area contributed by atoms with Crippen LogP contribution in [0.25, 0.3) is 10.6 Å². The average Bonchev–Trinajstić information content (AvgIpc) is 3.04. The zero-order valence-electron chi connectivity index (χ0n) is 13.3. The van der Waals surface area contributed by atoms with Gasteiger partial charge in [0.25, 0.3) is 0 Å². The smallest absolute Gasteiger partial charge is 0.123 e. The van der Waals surface area contributed by atoms with E-state index in [4.69, 9.17) is 4.98 Å². The second-order valence-corrected chi connectivity index (χ2v) is 6.90. The van der Waals surface area contributed by atoms with Crippen molar-refractivity contribution in [3.63, 3.8) is 0 Å². The molecule has 0 atom stereocenters. The van der Waals surface area contributed by atoms with Crippen LogP contribution in [0.2, 0.25) is 0 Å². The van der Waals surface area contributed by atoms with E-state index in [9.17, 15) is 0 Å². The average molecular weight is 315 g/mol. The number of nitrogens with one attached hydrogen (secondary N) is 1. The van der Waals surface area contributed by atoms with Gasteiger partial charge in [-0.2, -0.15) is 0 Å². The van der Waals surface area contributed by atoms with Gasteiger partial charge in [-0.15, -0.1) is 11.3 Å². The number of benzene rings is 1. The number of hydrogen-bond donors (Lipinski definition) is 1.